The number of nitrogens with one attached hydrogen (secondary N) is 1. The van der Waals surface area contributed by atoms with Gasteiger partial charge in [-0.25, -0.2) is 0 Å². The largest absolute Gasteiger partial charge is 0.508 e. The molecule has 2 N–H and O–H groups in total. The first kappa shape index (κ1) is 28.8. The van der Waals surface area contributed by atoms with Crippen LogP contribution in [0.4, 0.5) is 17.1 Å². The molecule has 1 aliphatic carbocycles. The van der Waals surface area contributed by atoms with Gasteiger partial charge in [-0.05, 0) is 97.0 Å². The van der Waals surface area contributed by atoms with Crippen molar-refractivity contribution in [3.05, 3.63) is 131 Å². The van der Waals surface area contributed by atoms with E-state index in [1.807, 2.05) is 84.9 Å². The molecule has 7 rings (SSSR count). The van der Waals surface area contributed by atoms with Gasteiger partial charge in [0.05, 0.1) is 30.2 Å². The number of phenolic OH excluding ortho intramolecular Hbond substituents is 1. The van der Waals surface area contributed by atoms with Gasteiger partial charge in [-0.2, -0.15) is 0 Å². The highest BCUT2D eigenvalue weighted by atomic mass is 16.5. The lowest BCUT2D eigenvalue weighted by Crippen LogP contribution is -2.34. The van der Waals surface area contributed by atoms with Crippen LogP contribution in [0.15, 0.2) is 120 Å². The third-order valence-electron chi connectivity index (χ3n) is 9.37. The van der Waals surface area contributed by atoms with Crippen molar-refractivity contribution in [1.29, 1.82) is 0 Å². The molecule has 0 unspecified atom stereocenters. The van der Waals surface area contributed by atoms with Crippen LogP contribution < -0.4 is 10.2 Å². The first-order chi connectivity index (χ1) is 22.0. The number of anilines is 3. The number of amides is 2. The van der Waals surface area contributed by atoms with E-state index in [0.717, 1.165) is 40.9 Å². The Morgan fingerprint density at radius 3 is 2.31 bits per heavy atom. The number of phenols is 1. The first-order valence-corrected chi connectivity index (χ1v) is 15.6. The third kappa shape index (κ3) is 5.69. The molecule has 2 aliphatic heterocycles. The maximum Gasteiger partial charge on any atom is 0.238 e. The molecule has 2 heterocycles. The summed E-state index contributed by atoms with van der Waals surface area (Å²) in [4.78, 5) is 29.1. The van der Waals surface area contributed by atoms with E-state index in [1.54, 1.807) is 12.1 Å². The van der Waals surface area contributed by atoms with E-state index in [9.17, 15) is 14.7 Å². The van der Waals surface area contributed by atoms with Crippen molar-refractivity contribution >= 4 is 40.5 Å². The Kier molecular flexibility index (Phi) is 7.82. The van der Waals surface area contributed by atoms with Crippen LogP contribution >= 0.6 is 0 Å². The van der Waals surface area contributed by atoms with Crippen LogP contribution in [0.2, 0.25) is 0 Å². The molecular formula is C39H36N2O4. The summed E-state index contributed by atoms with van der Waals surface area (Å²) < 4.78 is 6.42. The molecule has 0 radical (unpaired) electrons. The fraction of sp³-hybridized carbons (Fsp3) is 0.231. The SMILES string of the molecule is CC1=C2[C@@H](CC/C(=C/c3cccc(O)c3)c3ccccc3)OC[C@@H]2[C@@H]2C(=O)N(c3ccc(Nc4ccccc4)cc3)C(=O)[C@@H]2C1. The molecule has 2 saturated heterocycles. The number of carbonyl (C=O) groups excluding carboxylic acids is 2. The van der Waals surface area contributed by atoms with Crippen LogP contribution in [0.5, 0.6) is 5.75 Å². The smallest absolute Gasteiger partial charge is 0.238 e. The molecule has 0 aromatic heterocycles. The zero-order valence-corrected chi connectivity index (χ0v) is 25.2. The van der Waals surface area contributed by atoms with E-state index < -0.39 is 5.92 Å². The number of rotatable bonds is 8. The minimum atomic E-state index is -0.403. The number of carbonyl (C=O) groups is 2. The van der Waals surface area contributed by atoms with E-state index in [1.165, 1.54) is 16.0 Å². The summed E-state index contributed by atoms with van der Waals surface area (Å²) in [6, 6.07) is 34.9. The molecule has 226 valence electrons. The van der Waals surface area contributed by atoms with Crippen LogP contribution in [0.3, 0.4) is 0 Å². The van der Waals surface area contributed by atoms with Gasteiger partial charge in [-0.15, -0.1) is 0 Å². The van der Waals surface area contributed by atoms with E-state index in [4.69, 9.17) is 4.74 Å². The number of ether oxygens (including phenoxy) is 1. The van der Waals surface area contributed by atoms with Crippen LogP contribution in [-0.2, 0) is 14.3 Å². The minimum absolute atomic E-state index is 0.0931. The highest BCUT2D eigenvalue weighted by Gasteiger charge is 2.56. The van der Waals surface area contributed by atoms with Crippen LogP contribution in [0.1, 0.15) is 37.3 Å². The number of hydrogen-bond acceptors (Lipinski definition) is 5. The monoisotopic (exact) mass is 596 g/mol. The van der Waals surface area contributed by atoms with Crippen molar-refractivity contribution in [2.75, 3.05) is 16.8 Å². The summed E-state index contributed by atoms with van der Waals surface area (Å²) in [7, 11) is 0. The highest BCUT2D eigenvalue weighted by molar-refractivity contribution is 6.22. The molecule has 0 saturated carbocycles. The van der Waals surface area contributed by atoms with Gasteiger partial charge < -0.3 is 15.2 Å². The molecular weight excluding hydrogens is 560 g/mol. The summed E-state index contributed by atoms with van der Waals surface area (Å²) in [5, 5.41) is 13.4. The zero-order chi connectivity index (χ0) is 30.9. The molecule has 4 aromatic carbocycles. The molecule has 0 spiro atoms. The van der Waals surface area contributed by atoms with Gasteiger partial charge in [0, 0.05) is 17.3 Å². The van der Waals surface area contributed by atoms with Crippen molar-refractivity contribution in [2.45, 2.75) is 32.3 Å². The molecule has 0 bridgehead atoms. The topological polar surface area (TPSA) is 78.9 Å². The summed E-state index contributed by atoms with van der Waals surface area (Å²) in [5.41, 5.74) is 8.07. The van der Waals surface area contributed by atoms with Gasteiger partial charge in [0.1, 0.15) is 5.75 Å². The number of para-hydroxylation sites is 1. The summed E-state index contributed by atoms with van der Waals surface area (Å²) >= 11 is 0. The summed E-state index contributed by atoms with van der Waals surface area (Å²) in [6.45, 7) is 2.55. The lowest BCUT2D eigenvalue weighted by atomic mass is 9.70. The Balaban J connectivity index is 1.08. The van der Waals surface area contributed by atoms with E-state index >= 15 is 0 Å². The zero-order valence-electron chi connectivity index (χ0n) is 25.2. The molecule has 2 amide bonds. The van der Waals surface area contributed by atoms with Crippen molar-refractivity contribution < 1.29 is 19.4 Å². The van der Waals surface area contributed by atoms with Crippen LogP contribution in [0, 0.1) is 17.8 Å². The van der Waals surface area contributed by atoms with E-state index in [0.29, 0.717) is 18.7 Å². The Morgan fingerprint density at radius 2 is 1.58 bits per heavy atom. The van der Waals surface area contributed by atoms with Gasteiger partial charge in [0.2, 0.25) is 11.8 Å². The predicted octanol–water partition coefficient (Wildman–Crippen LogP) is 8.00. The number of aromatic hydroxyl groups is 1. The van der Waals surface area contributed by atoms with E-state index in [2.05, 4.69) is 30.4 Å². The summed E-state index contributed by atoms with van der Waals surface area (Å²) in [6.07, 6.45) is 4.13. The second kappa shape index (κ2) is 12.2. The Labute approximate surface area is 263 Å². The maximum absolute atomic E-state index is 13.9. The van der Waals surface area contributed by atoms with Crippen molar-refractivity contribution in [3.63, 3.8) is 0 Å². The van der Waals surface area contributed by atoms with Gasteiger partial charge in [-0.1, -0.05) is 72.3 Å². The highest BCUT2D eigenvalue weighted by Crippen LogP contribution is 2.50. The predicted molar refractivity (Wildman–Crippen MR) is 178 cm³/mol. The normalized spacial score (nSPS) is 22.9. The Hall–Kier alpha value is -4.94. The van der Waals surface area contributed by atoms with Gasteiger partial charge in [0.25, 0.3) is 0 Å². The molecule has 2 fully saturated rings. The molecule has 6 nitrogen and oxygen atoms in total. The number of benzene rings is 4. The molecule has 4 atom stereocenters. The minimum Gasteiger partial charge on any atom is -0.508 e. The number of allylic oxidation sites excluding steroid dienone is 2. The molecule has 4 aromatic rings. The maximum atomic E-state index is 13.9. The Bertz CT molecular complexity index is 1780. The molecule has 6 heteroatoms. The second-order valence-electron chi connectivity index (χ2n) is 12.2. The Morgan fingerprint density at radius 1 is 0.867 bits per heavy atom. The van der Waals surface area contributed by atoms with Crippen molar-refractivity contribution in [3.8, 4) is 5.75 Å². The van der Waals surface area contributed by atoms with E-state index in [-0.39, 0.29) is 35.5 Å². The molecule has 45 heavy (non-hydrogen) atoms. The number of nitrogens with zero attached hydrogens (tertiary/aromatic N) is 1. The standard InChI is InChI=1S/C39H36N2O4/c1-25-21-33-37(39(44)41(38(33)43)31-18-16-30(17-19-31)40-29-12-6-3-7-13-29)34-24-45-35(36(25)34)20-15-28(27-10-4-2-5-11-27)22-26-9-8-14-32(42)23-26/h2-14,16-19,22-23,33-35,37,40,42H,15,20-21,24H2,1H3/b28-22-/t33-,34+,35-,37-/m1/s1. The third-order valence-corrected chi connectivity index (χ3v) is 9.37. The average molecular weight is 597 g/mol. The lowest BCUT2D eigenvalue weighted by Gasteiger charge is -2.30. The van der Waals surface area contributed by atoms with Crippen LogP contribution in [-0.4, -0.2) is 29.6 Å². The first-order valence-electron chi connectivity index (χ1n) is 15.6. The number of imide groups is 1. The average Bonchev–Trinajstić information content (AvgIpc) is 3.59. The fourth-order valence-corrected chi connectivity index (χ4v) is 7.32. The number of hydrogen-bond donors (Lipinski definition) is 2. The fourth-order valence-electron chi connectivity index (χ4n) is 7.32. The molecule has 3 aliphatic rings. The van der Waals surface area contributed by atoms with Crippen LogP contribution in [0.25, 0.3) is 11.6 Å². The summed E-state index contributed by atoms with van der Waals surface area (Å²) in [5.74, 6) is -0.858. The van der Waals surface area contributed by atoms with Crippen molar-refractivity contribution in [1.82, 2.24) is 0 Å². The van der Waals surface area contributed by atoms with Crippen molar-refractivity contribution in [2.24, 2.45) is 17.8 Å². The quantitative estimate of drug-likeness (QED) is 0.122. The van der Waals surface area contributed by atoms with Gasteiger partial charge in [-0.3, -0.25) is 14.5 Å². The number of fused-ring (bicyclic) bond motifs is 3. The van der Waals surface area contributed by atoms with Gasteiger partial charge in [0.15, 0.2) is 0 Å². The second-order valence-corrected chi connectivity index (χ2v) is 12.2. The van der Waals surface area contributed by atoms with Gasteiger partial charge >= 0.3 is 0 Å². The lowest BCUT2D eigenvalue weighted by molar-refractivity contribution is -0.122.